The number of carbonyl (C=O) groups is 4. The molecule has 0 spiro atoms. The fourth-order valence-corrected chi connectivity index (χ4v) is 6.89. The number of imide groups is 2. The molecule has 15 nitrogen and oxygen atoms in total. The number of nitrogens with one attached hydrogen (secondary N) is 2. The Kier molecular flexibility index (Phi) is 8.00. The molecular formula is C35H29N7O8. The molecule has 3 heterocycles. The molecular weight excluding hydrogens is 646 g/mol. The summed E-state index contributed by atoms with van der Waals surface area (Å²) >= 11 is 0. The highest BCUT2D eigenvalue weighted by molar-refractivity contribution is 6.30. The smallest absolute Gasteiger partial charge is 0.270 e. The van der Waals surface area contributed by atoms with E-state index in [-0.39, 0.29) is 41.2 Å². The minimum atomic E-state index is -0.626. The first-order valence-electron chi connectivity index (χ1n) is 15.9. The van der Waals surface area contributed by atoms with Gasteiger partial charge in [0, 0.05) is 90.4 Å². The summed E-state index contributed by atoms with van der Waals surface area (Å²) in [4.78, 5) is 82.9. The van der Waals surface area contributed by atoms with Gasteiger partial charge in [-0.15, -0.1) is 0 Å². The van der Waals surface area contributed by atoms with Crippen LogP contribution in [0.4, 0.5) is 11.4 Å². The van der Waals surface area contributed by atoms with E-state index in [2.05, 4.69) is 15.6 Å². The van der Waals surface area contributed by atoms with Gasteiger partial charge in [0.05, 0.1) is 32.1 Å². The van der Waals surface area contributed by atoms with Gasteiger partial charge in [-0.2, -0.15) is 0 Å². The standard InChI is InChI=1S/C35H29N7O8/c1-18(39-32(43)24-6-3-5-20-11-21(41(47)48)13-26(30(20)24)33(39)44)16-36-9-10-37-17-19(2)40-34(45)27-14-22(42(49)50)12-25-23-7-4-8-38-29(23)15-28(31(25)27)35(40)46/h3-8,11-15,18-19,36-37H,9-10,16-17H2,1-2H3/t18-,19-/m1/s1. The van der Waals surface area contributed by atoms with Crippen LogP contribution < -0.4 is 10.6 Å². The van der Waals surface area contributed by atoms with Gasteiger partial charge in [0.1, 0.15) is 0 Å². The third kappa shape index (κ3) is 5.19. The molecule has 252 valence electrons. The Morgan fingerprint density at radius 2 is 1.20 bits per heavy atom. The van der Waals surface area contributed by atoms with Gasteiger partial charge in [-0.1, -0.05) is 18.2 Å². The van der Waals surface area contributed by atoms with Gasteiger partial charge in [-0.05, 0) is 42.8 Å². The summed E-state index contributed by atoms with van der Waals surface area (Å²) in [7, 11) is 0. The molecule has 0 saturated carbocycles. The fraction of sp³-hybridized carbons (Fsp3) is 0.229. The van der Waals surface area contributed by atoms with Crippen LogP contribution in [0, 0.1) is 20.2 Å². The Bertz CT molecular complexity index is 2340. The molecule has 2 aliphatic rings. The Balaban J connectivity index is 0.996. The van der Waals surface area contributed by atoms with Crippen molar-refractivity contribution in [2.45, 2.75) is 25.9 Å². The van der Waals surface area contributed by atoms with Crippen LogP contribution in [0.2, 0.25) is 0 Å². The normalized spacial score (nSPS) is 15.3. The van der Waals surface area contributed by atoms with Crippen LogP contribution in [-0.2, 0) is 0 Å². The van der Waals surface area contributed by atoms with Gasteiger partial charge in [0.25, 0.3) is 35.0 Å². The Morgan fingerprint density at radius 3 is 1.80 bits per heavy atom. The van der Waals surface area contributed by atoms with Crippen molar-refractivity contribution in [2.24, 2.45) is 0 Å². The average molecular weight is 676 g/mol. The monoisotopic (exact) mass is 675 g/mol. The van der Waals surface area contributed by atoms with Gasteiger partial charge < -0.3 is 10.6 Å². The lowest BCUT2D eigenvalue weighted by Gasteiger charge is -2.32. The number of rotatable bonds is 11. The number of amides is 4. The Hall–Kier alpha value is -6.19. The maximum atomic E-state index is 13.7. The number of aromatic nitrogens is 1. The van der Waals surface area contributed by atoms with E-state index in [1.54, 1.807) is 56.4 Å². The molecule has 0 radical (unpaired) electrons. The number of nitro groups is 2. The summed E-state index contributed by atoms with van der Waals surface area (Å²) in [5, 5.41) is 31.9. The van der Waals surface area contributed by atoms with Crippen molar-refractivity contribution in [1.82, 2.24) is 25.4 Å². The van der Waals surface area contributed by atoms with E-state index < -0.39 is 45.6 Å². The number of nitro benzene ring substituents is 2. The first kappa shape index (κ1) is 32.4. The van der Waals surface area contributed by atoms with E-state index in [0.29, 0.717) is 51.1 Å². The Morgan fingerprint density at radius 1 is 0.660 bits per heavy atom. The number of non-ortho nitro benzene ring substituents is 2. The predicted octanol–water partition coefficient (Wildman–Crippen LogP) is 4.21. The number of carbonyl (C=O) groups excluding carboxylic acids is 4. The minimum absolute atomic E-state index is 0.0762. The van der Waals surface area contributed by atoms with Crippen LogP contribution in [0.5, 0.6) is 0 Å². The van der Waals surface area contributed by atoms with Crippen molar-refractivity contribution < 1.29 is 29.0 Å². The SMILES string of the molecule is C[C@H](CNCCNC[C@@H](C)N1C(=O)c2cc([N+](=O)[O-])cc3c2c(cc2ncccc23)C1=O)N1C(=O)c2cccc3cc([N+](=O)[O-])cc(c23)C1=O. The first-order valence-corrected chi connectivity index (χ1v) is 15.9. The van der Waals surface area contributed by atoms with Crippen LogP contribution in [0.3, 0.4) is 0 Å². The van der Waals surface area contributed by atoms with Crippen LogP contribution in [0.15, 0.2) is 66.9 Å². The number of hydrogen-bond donors (Lipinski definition) is 2. The van der Waals surface area contributed by atoms with Crippen molar-refractivity contribution in [2.75, 3.05) is 26.2 Å². The summed E-state index contributed by atoms with van der Waals surface area (Å²) in [6, 6.07) is 13.8. The predicted molar refractivity (Wildman–Crippen MR) is 182 cm³/mol. The zero-order valence-corrected chi connectivity index (χ0v) is 26.8. The minimum Gasteiger partial charge on any atom is -0.313 e. The lowest BCUT2D eigenvalue weighted by molar-refractivity contribution is -0.384. The van der Waals surface area contributed by atoms with Crippen molar-refractivity contribution in [3.05, 3.63) is 109 Å². The molecule has 15 heteroatoms. The van der Waals surface area contributed by atoms with Crippen LogP contribution in [-0.4, -0.2) is 86.5 Å². The molecule has 2 N–H and O–H groups in total. The summed E-state index contributed by atoms with van der Waals surface area (Å²) in [6.45, 7) is 4.66. The first-order chi connectivity index (χ1) is 24.0. The maximum absolute atomic E-state index is 13.7. The second-order valence-corrected chi connectivity index (χ2v) is 12.4. The van der Waals surface area contributed by atoms with E-state index in [9.17, 15) is 39.4 Å². The molecule has 5 aromatic rings. The van der Waals surface area contributed by atoms with Crippen molar-refractivity contribution >= 4 is 67.5 Å². The highest BCUT2D eigenvalue weighted by atomic mass is 16.6. The molecule has 0 fully saturated rings. The molecule has 0 saturated heterocycles. The van der Waals surface area contributed by atoms with Gasteiger partial charge in [0.2, 0.25) is 0 Å². The molecule has 7 rings (SSSR count). The highest BCUT2D eigenvalue weighted by Gasteiger charge is 2.39. The van der Waals surface area contributed by atoms with Crippen LogP contribution in [0.1, 0.15) is 55.3 Å². The van der Waals surface area contributed by atoms with E-state index in [1.165, 1.54) is 24.3 Å². The molecule has 0 bridgehead atoms. The molecule has 2 aliphatic heterocycles. The number of nitrogens with zero attached hydrogens (tertiary/aromatic N) is 5. The summed E-state index contributed by atoms with van der Waals surface area (Å²) < 4.78 is 0. The van der Waals surface area contributed by atoms with Gasteiger partial charge >= 0.3 is 0 Å². The molecule has 2 atom stereocenters. The third-order valence-electron chi connectivity index (χ3n) is 9.22. The lowest BCUT2D eigenvalue weighted by Crippen LogP contribution is -2.51. The lowest BCUT2D eigenvalue weighted by atomic mass is 9.90. The van der Waals surface area contributed by atoms with E-state index in [4.69, 9.17) is 0 Å². The molecule has 1 aromatic heterocycles. The highest BCUT2D eigenvalue weighted by Crippen LogP contribution is 2.38. The zero-order chi connectivity index (χ0) is 35.4. The number of hydrogen-bond acceptors (Lipinski definition) is 11. The third-order valence-corrected chi connectivity index (χ3v) is 9.22. The fourth-order valence-electron chi connectivity index (χ4n) is 6.89. The zero-order valence-electron chi connectivity index (χ0n) is 26.8. The maximum Gasteiger partial charge on any atom is 0.270 e. The van der Waals surface area contributed by atoms with E-state index in [0.717, 1.165) is 9.80 Å². The van der Waals surface area contributed by atoms with Crippen molar-refractivity contribution in [3.63, 3.8) is 0 Å². The molecule has 50 heavy (non-hydrogen) atoms. The molecule has 4 amide bonds. The van der Waals surface area contributed by atoms with E-state index >= 15 is 0 Å². The number of pyridine rings is 1. The second-order valence-electron chi connectivity index (χ2n) is 12.4. The summed E-state index contributed by atoms with van der Waals surface area (Å²) in [5.74, 6) is -2.23. The summed E-state index contributed by atoms with van der Waals surface area (Å²) in [5.41, 5.74) is 0.700. The quantitative estimate of drug-likeness (QED) is 0.0669. The second kappa shape index (κ2) is 12.4. The number of fused-ring (bicyclic) bond motifs is 2. The number of benzene rings is 4. The van der Waals surface area contributed by atoms with Crippen LogP contribution in [0.25, 0.3) is 32.4 Å². The molecule has 4 aromatic carbocycles. The molecule has 0 unspecified atom stereocenters. The molecule has 0 aliphatic carbocycles. The van der Waals surface area contributed by atoms with E-state index in [1.807, 2.05) is 0 Å². The largest absolute Gasteiger partial charge is 0.313 e. The van der Waals surface area contributed by atoms with Gasteiger partial charge in [-0.3, -0.25) is 54.2 Å². The average Bonchev–Trinajstić information content (AvgIpc) is 3.10. The Labute approximate surface area is 283 Å². The van der Waals surface area contributed by atoms with Gasteiger partial charge in [-0.25, -0.2) is 0 Å². The topological polar surface area (TPSA) is 198 Å². The van der Waals surface area contributed by atoms with Crippen LogP contribution >= 0.6 is 0 Å². The van der Waals surface area contributed by atoms with Crippen molar-refractivity contribution in [3.8, 4) is 0 Å². The van der Waals surface area contributed by atoms with Gasteiger partial charge in [0.15, 0.2) is 0 Å². The summed E-state index contributed by atoms with van der Waals surface area (Å²) in [6.07, 6.45) is 1.56. The van der Waals surface area contributed by atoms with Crippen molar-refractivity contribution in [1.29, 1.82) is 0 Å².